The van der Waals surface area contributed by atoms with Crippen molar-refractivity contribution in [1.29, 1.82) is 0 Å². The summed E-state index contributed by atoms with van der Waals surface area (Å²) in [6.07, 6.45) is 2.13. The van der Waals surface area contributed by atoms with Crippen LogP contribution in [0.1, 0.15) is 18.4 Å². The predicted molar refractivity (Wildman–Crippen MR) is 95.6 cm³/mol. The van der Waals surface area contributed by atoms with Crippen molar-refractivity contribution in [2.24, 2.45) is 4.99 Å². The minimum Gasteiger partial charge on any atom is -0.434 e. The lowest BCUT2D eigenvalue weighted by atomic mass is 10.2. The summed E-state index contributed by atoms with van der Waals surface area (Å²) in [4.78, 5) is 4.01. The number of hydrogen-bond donors (Lipinski definition) is 2. The Morgan fingerprint density at radius 3 is 2.83 bits per heavy atom. The number of ether oxygens (including phenoxy) is 2. The molecule has 5 nitrogen and oxygen atoms in total. The van der Waals surface area contributed by atoms with Gasteiger partial charge in [-0.3, -0.25) is 4.99 Å². The SMILES string of the molecule is CN=C(NCc1c(F)cccc1OC(F)F)NCC1CCCO1.I. The van der Waals surface area contributed by atoms with Gasteiger partial charge in [0.1, 0.15) is 11.6 Å². The van der Waals surface area contributed by atoms with E-state index in [1.807, 2.05) is 0 Å². The third-order valence-corrected chi connectivity index (χ3v) is 3.47. The van der Waals surface area contributed by atoms with E-state index in [0.717, 1.165) is 19.4 Å². The van der Waals surface area contributed by atoms with Gasteiger partial charge in [0.05, 0.1) is 6.10 Å². The molecule has 0 spiro atoms. The zero-order valence-electron chi connectivity index (χ0n) is 13.2. The Bertz CT molecular complexity index is 541. The first-order valence-corrected chi connectivity index (χ1v) is 7.38. The van der Waals surface area contributed by atoms with Gasteiger partial charge in [-0.25, -0.2) is 4.39 Å². The van der Waals surface area contributed by atoms with Crippen LogP contribution in [0.4, 0.5) is 13.2 Å². The Hall–Kier alpha value is -1.23. The normalized spacial score (nSPS) is 17.5. The van der Waals surface area contributed by atoms with Crippen molar-refractivity contribution in [2.75, 3.05) is 20.2 Å². The van der Waals surface area contributed by atoms with Crippen LogP contribution in [0.3, 0.4) is 0 Å². The molecule has 1 saturated heterocycles. The zero-order valence-corrected chi connectivity index (χ0v) is 15.6. The van der Waals surface area contributed by atoms with Crippen LogP contribution in [-0.4, -0.2) is 38.9 Å². The summed E-state index contributed by atoms with van der Waals surface area (Å²) >= 11 is 0. The van der Waals surface area contributed by atoms with Gasteiger partial charge in [-0.1, -0.05) is 6.07 Å². The van der Waals surface area contributed by atoms with Gasteiger partial charge in [0.25, 0.3) is 0 Å². The zero-order chi connectivity index (χ0) is 16.7. The van der Waals surface area contributed by atoms with Crippen LogP contribution in [0, 0.1) is 5.82 Å². The molecule has 0 amide bonds. The lowest BCUT2D eigenvalue weighted by Gasteiger charge is -2.16. The molecular formula is C15H21F3IN3O2. The second-order valence-electron chi connectivity index (χ2n) is 5.04. The van der Waals surface area contributed by atoms with Gasteiger partial charge in [-0.05, 0) is 25.0 Å². The number of nitrogens with one attached hydrogen (secondary N) is 2. The third kappa shape index (κ3) is 6.34. The predicted octanol–water partition coefficient (Wildman–Crippen LogP) is 2.89. The summed E-state index contributed by atoms with van der Waals surface area (Å²) in [5.41, 5.74) is 0.0212. The molecule has 0 radical (unpaired) electrons. The molecule has 1 aromatic carbocycles. The number of rotatable bonds is 6. The fraction of sp³-hybridized carbons (Fsp3) is 0.533. The van der Waals surface area contributed by atoms with Gasteiger partial charge in [-0.2, -0.15) is 8.78 Å². The van der Waals surface area contributed by atoms with Crippen molar-refractivity contribution in [3.05, 3.63) is 29.6 Å². The van der Waals surface area contributed by atoms with Crippen molar-refractivity contribution in [3.63, 3.8) is 0 Å². The molecule has 1 unspecified atom stereocenters. The van der Waals surface area contributed by atoms with E-state index in [2.05, 4.69) is 20.4 Å². The number of aliphatic imine (C=N–C) groups is 1. The number of nitrogens with zero attached hydrogens (tertiary/aromatic N) is 1. The quantitative estimate of drug-likeness (QED) is 0.391. The molecule has 0 bridgehead atoms. The number of hydrogen-bond acceptors (Lipinski definition) is 3. The molecule has 24 heavy (non-hydrogen) atoms. The van der Waals surface area contributed by atoms with E-state index in [9.17, 15) is 13.2 Å². The number of alkyl halides is 2. The van der Waals surface area contributed by atoms with Gasteiger partial charge >= 0.3 is 6.61 Å². The average Bonchev–Trinajstić information content (AvgIpc) is 3.02. The van der Waals surface area contributed by atoms with Gasteiger partial charge < -0.3 is 20.1 Å². The van der Waals surface area contributed by atoms with Gasteiger partial charge in [0.15, 0.2) is 5.96 Å². The van der Waals surface area contributed by atoms with Crippen LogP contribution >= 0.6 is 24.0 Å². The number of guanidine groups is 1. The van der Waals surface area contributed by atoms with Crippen molar-refractivity contribution in [3.8, 4) is 5.75 Å². The second kappa shape index (κ2) is 10.6. The highest BCUT2D eigenvalue weighted by Gasteiger charge is 2.17. The fourth-order valence-corrected chi connectivity index (χ4v) is 2.33. The van der Waals surface area contributed by atoms with Crippen LogP contribution in [0.25, 0.3) is 0 Å². The maximum Gasteiger partial charge on any atom is 0.387 e. The summed E-state index contributed by atoms with van der Waals surface area (Å²) in [5, 5.41) is 5.95. The van der Waals surface area contributed by atoms with E-state index in [1.54, 1.807) is 7.05 Å². The Labute approximate surface area is 156 Å². The van der Waals surface area contributed by atoms with E-state index in [1.165, 1.54) is 18.2 Å². The Morgan fingerprint density at radius 1 is 1.42 bits per heavy atom. The molecule has 0 saturated carbocycles. The highest BCUT2D eigenvalue weighted by molar-refractivity contribution is 14.0. The molecule has 0 aliphatic carbocycles. The second-order valence-corrected chi connectivity index (χ2v) is 5.04. The van der Waals surface area contributed by atoms with Gasteiger partial charge in [0, 0.05) is 32.3 Å². The van der Waals surface area contributed by atoms with Crippen LogP contribution in [0.5, 0.6) is 5.75 Å². The maximum atomic E-state index is 13.8. The average molecular weight is 459 g/mol. The molecule has 1 aromatic rings. The lowest BCUT2D eigenvalue weighted by molar-refractivity contribution is -0.0506. The van der Waals surface area contributed by atoms with Crippen LogP contribution < -0.4 is 15.4 Å². The molecule has 136 valence electrons. The standard InChI is InChI=1S/C15H20F3N3O2.HI/c1-19-15(20-8-10-4-3-7-22-10)21-9-11-12(16)5-2-6-13(11)23-14(17)18;/h2,5-6,10,14H,3-4,7-9H2,1H3,(H2,19,20,21);1H. The smallest absolute Gasteiger partial charge is 0.387 e. The number of halogens is 4. The maximum absolute atomic E-state index is 13.8. The minimum atomic E-state index is -3.01. The molecule has 1 atom stereocenters. The van der Waals surface area contributed by atoms with Crippen molar-refractivity contribution < 1.29 is 22.6 Å². The molecule has 1 fully saturated rings. The first-order valence-electron chi connectivity index (χ1n) is 7.38. The Morgan fingerprint density at radius 2 is 2.21 bits per heavy atom. The summed E-state index contributed by atoms with van der Waals surface area (Å²) in [6, 6.07) is 3.81. The topological polar surface area (TPSA) is 54.9 Å². The van der Waals surface area contributed by atoms with Crippen LogP contribution in [0.2, 0.25) is 0 Å². The molecule has 9 heteroatoms. The van der Waals surface area contributed by atoms with E-state index in [4.69, 9.17) is 4.74 Å². The Kier molecular flexibility index (Phi) is 9.19. The van der Waals surface area contributed by atoms with E-state index in [-0.39, 0.29) is 47.9 Å². The lowest BCUT2D eigenvalue weighted by Crippen LogP contribution is -2.40. The van der Waals surface area contributed by atoms with Crippen molar-refractivity contribution in [2.45, 2.75) is 32.1 Å². The highest BCUT2D eigenvalue weighted by Crippen LogP contribution is 2.23. The largest absolute Gasteiger partial charge is 0.434 e. The third-order valence-electron chi connectivity index (χ3n) is 3.47. The molecule has 2 N–H and O–H groups in total. The molecule has 1 heterocycles. The van der Waals surface area contributed by atoms with E-state index in [0.29, 0.717) is 12.5 Å². The highest BCUT2D eigenvalue weighted by atomic mass is 127. The first kappa shape index (κ1) is 20.8. The van der Waals surface area contributed by atoms with Crippen molar-refractivity contribution in [1.82, 2.24) is 10.6 Å². The van der Waals surface area contributed by atoms with Crippen LogP contribution in [-0.2, 0) is 11.3 Å². The molecular weight excluding hydrogens is 438 g/mol. The fourth-order valence-electron chi connectivity index (χ4n) is 2.33. The number of benzene rings is 1. The summed E-state index contributed by atoms with van der Waals surface area (Å²) in [6.45, 7) is -1.70. The van der Waals surface area contributed by atoms with E-state index < -0.39 is 12.4 Å². The molecule has 2 rings (SSSR count). The molecule has 0 aromatic heterocycles. The molecule has 1 aliphatic heterocycles. The monoisotopic (exact) mass is 459 g/mol. The summed E-state index contributed by atoms with van der Waals surface area (Å²) in [5.74, 6) is -0.376. The first-order chi connectivity index (χ1) is 11.1. The summed E-state index contributed by atoms with van der Waals surface area (Å²) in [7, 11) is 1.57. The molecule has 1 aliphatic rings. The summed E-state index contributed by atoms with van der Waals surface area (Å²) < 4.78 is 48.4. The minimum absolute atomic E-state index is 0. The van der Waals surface area contributed by atoms with Crippen LogP contribution in [0.15, 0.2) is 23.2 Å². The van der Waals surface area contributed by atoms with E-state index >= 15 is 0 Å². The van der Waals surface area contributed by atoms with Crippen molar-refractivity contribution >= 4 is 29.9 Å². The Balaban J connectivity index is 0.00000288. The van der Waals surface area contributed by atoms with Gasteiger partial charge in [0.2, 0.25) is 0 Å². The van der Waals surface area contributed by atoms with Gasteiger partial charge in [-0.15, -0.1) is 24.0 Å².